The standard InChI is InChI=1S/C25H27N5O6/c1-16(31)28-19-7-4-17(5-8-19)25(34)27-13-12-26-23(32)15-30-24(33)11-9-20(29-30)18-6-10-21(35-2)22(14-18)36-3/h4-11,14H,12-13,15H2,1-3H3,(H,26,32)(H,27,34)(H,28,31). The number of methoxy groups -OCH3 is 2. The molecular formula is C25H27N5O6. The molecule has 36 heavy (non-hydrogen) atoms. The van der Waals surface area contributed by atoms with Crippen LogP contribution in [0.2, 0.25) is 0 Å². The zero-order valence-electron chi connectivity index (χ0n) is 20.2. The molecule has 1 aromatic heterocycles. The van der Waals surface area contributed by atoms with E-state index in [0.29, 0.717) is 34.0 Å². The Bertz CT molecular complexity index is 1300. The summed E-state index contributed by atoms with van der Waals surface area (Å²) in [6.07, 6.45) is 0. The molecule has 0 atom stereocenters. The van der Waals surface area contributed by atoms with Crippen molar-refractivity contribution >= 4 is 23.4 Å². The molecule has 3 amide bonds. The van der Waals surface area contributed by atoms with Crippen LogP contribution < -0.4 is 31.0 Å². The van der Waals surface area contributed by atoms with Crippen molar-refractivity contribution < 1.29 is 23.9 Å². The lowest BCUT2D eigenvalue weighted by molar-refractivity contribution is -0.121. The van der Waals surface area contributed by atoms with Gasteiger partial charge in [-0.25, -0.2) is 4.68 Å². The Morgan fingerprint density at radius 2 is 1.58 bits per heavy atom. The van der Waals surface area contributed by atoms with Crippen LogP contribution in [0.5, 0.6) is 11.5 Å². The number of nitrogens with zero attached hydrogens (tertiary/aromatic N) is 2. The molecule has 0 aliphatic carbocycles. The van der Waals surface area contributed by atoms with Gasteiger partial charge >= 0.3 is 0 Å². The zero-order valence-corrected chi connectivity index (χ0v) is 20.2. The van der Waals surface area contributed by atoms with E-state index >= 15 is 0 Å². The number of hydrogen-bond acceptors (Lipinski definition) is 7. The molecule has 0 unspecified atom stereocenters. The molecule has 0 saturated heterocycles. The second-order valence-electron chi connectivity index (χ2n) is 7.65. The largest absolute Gasteiger partial charge is 0.493 e. The van der Waals surface area contributed by atoms with Gasteiger partial charge in [-0.15, -0.1) is 0 Å². The van der Waals surface area contributed by atoms with Gasteiger partial charge in [0.25, 0.3) is 11.5 Å². The van der Waals surface area contributed by atoms with Gasteiger partial charge in [-0.05, 0) is 48.5 Å². The van der Waals surface area contributed by atoms with E-state index in [1.165, 1.54) is 27.2 Å². The number of rotatable bonds is 10. The summed E-state index contributed by atoms with van der Waals surface area (Å²) in [5.41, 5.74) is 1.75. The van der Waals surface area contributed by atoms with Crippen molar-refractivity contribution in [2.45, 2.75) is 13.5 Å². The summed E-state index contributed by atoms with van der Waals surface area (Å²) >= 11 is 0. The van der Waals surface area contributed by atoms with E-state index in [4.69, 9.17) is 9.47 Å². The molecule has 0 saturated carbocycles. The molecule has 3 aromatic rings. The summed E-state index contributed by atoms with van der Waals surface area (Å²) in [5, 5.41) is 12.3. The van der Waals surface area contributed by atoms with Crippen molar-refractivity contribution in [2.75, 3.05) is 32.6 Å². The minimum absolute atomic E-state index is 0.165. The molecule has 0 bridgehead atoms. The Kier molecular flexibility index (Phi) is 8.76. The average Bonchev–Trinajstić information content (AvgIpc) is 2.87. The van der Waals surface area contributed by atoms with Crippen molar-refractivity contribution in [1.82, 2.24) is 20.4 Å². The molecule has 0 aliphatic rings. The minimum Gasteiger partial charge on any atom is -0.493 e. The van der Waals surface area contributed by atoms with E-state index in [1.54, 1.807) is 48.5 Å². The first-order chi connectivity index (χ1) is 17.3. The Morgan fingerprint density at radius 3 is 2.25 bits per heavy atom. The van der Waals surface area contributed by atoms with Crippen LogP contribution in [0.25, 0.3) is 11.3 Å². The van der Waals surface area contributed by atoms with E-state index in [2.05, 4.69) is 21.0 Å². The van der Waals surface area contributed by atoms with Crippen LogP contribution in [0, 0.1) is 0 Å². The number of benzene rings is 2. The topological polar surface area (TPSA) is 141 Å². The third-order valence-corrected chi connectivity index (χ3v) is 5.04. The fourth-order valence-electron chi connectivity index (χ4n) is 3.29. The fourth-order valence-corrected chi connectivity index (χ4v) is 3.29. The molecule has 0 spiro atoms. The number of anilines is 1. The lowest BCUT2D eigenvalue weighted by atomic mass is 10.1. The molecule has 3 N–H and O–H groups in total. The van der Waals surface area contributed by atoms with Gasteiger partial charge in [0, 0.05) is 42.9 Å². The summed E-state index contributed by atoms with van der Waals surface area (Å²) < 4.78 is 11.6. The van der Waals surface area contributed by atoms with Gasteiger partial charge in [-0.2, -0.15) is 5.10 Å². The molecular weight excluding hydrogens is 466 g/mol. The normalized spacial score (nSPS) is 10.3. The van der Waals surface area contributed by atoms with Crippen LogP contribution in [0.1, 0.15) is 17.3 Å². The SMILES string of the molecule is COc1ccc(-c2ccc(=O)n(CC(=O)NCCNC(=O)c3ccc(NC(C)=O)cc3)n2)cc1OC. The van der Waals surface area contributed by atoms with E-state index in [1.807, 2.05) is 0 Å². The minimum atomic E-state index is -0.428. The second-order valence-corrected chi connectivity index (χ2v) is 7.65. The maximum atomic E-state index is 12.3. The van der Waals surface area contributed by atoms with Crippen LogP contribution in [0.4, 0.5) is 5.69 Å². The number of ether oxygens (including phenoxy) is 2. The van der Waals surface area contributed by atoms with Gasteiger partial charge in [0.05, 0.1) is 19.9 Å². The van der Waals surface area contributed by atoms with Crippen LogP contribution in [0.15, 0.2) is 59.4 Å². The van der Waals surface area contributed by atoms with Gasteiger partial charge in [0.1, 0.15) is 6.54 Å². The molecule has 3 rings (SSSR count). The highest BCUT2D eigenvalue weighted by molar-refractivity contribution is 5.95. The molecule has 1 heterocycles. The molecule has 11 heteroatoms. The van der Waals surface area contributed by atoms with E-state index in [9.17, 15) is 19.2 Å². The molecule has 0 radical (unpaired) electrons. The molecule has 2 aromatic carbocycles. The Labute approximate surface area is 207 Å². The van der Waals surface area contributed by atoms with Crippen LogP contribution in [0.3, 0.4) is 0 Å². The Balaban J connectivity index is 1.53. The predicted molar refractivity (Wildman–Crippen MR) is 133 cm³/mol. The average molecular weight is 494 g/mol. The van der Waals surface area contributed by atoms with Gasteiger partial charge in [0.2, 0.25) is 11.8 Å². The molecule has 0 fully saturated rings. The number of aromatic nitrogens is 2. The summed E-state index contributed by atoms with van der Waals surface area (Å²) in [6.45, 7) is 1.47. The van der Waals surface area contributed by atoms with E-state index < -0.39 is 11.5 Å². The first-order valence-corrected chi connectivity index (χ1v) is 11.0. The van der Waals surface area contributed by atoms with Crippen molar-refractivity contribution in [3.63, 3.8) is 0 Å². The third kappa shape index (κ3) is 6.92. The van der Waals surface area contributed by atoms with Crippen LogP contribution in [-0.2, 0) is 16.1 Å². The summed E-state index contributed by atoms with van der Waals surface area (Å²) in [5.74, 6) is 0.122. The van der Waals surface area contributed by atoms with Crippen LogP contribution >= 0.6 is 0 Å². The zero-order chi connectivity index (χ0) is 26.1. The highest BCUT2D eigenvalue weighted by Gasteiger charge is 2.11. The van der Waals surface area contributed by atoms with Crippen molar-refractivity contribution in [2.24, 2.45) is 0 Å². The van der Waals surface area contributed by atoms with Crippen molar-refractivity contribution in [1.29, 1.82) is 0 Å². The quantitative estimate of drug-likeness (QED) is 0.363. The molecule has 0 aliphatic heterocycles. The monoisotopic (exact) mass is 493 g/mol. The van der Waals surface area contributed by atoms with Gasteiger partial charge in [0.15, 0.2) is 11.5 Å². The summed E-state index contributed by atoms with van der Waals surface area (Å²) in [6, 6.07) is 14.5. The maximum Gasteiger partial charge on any atom is 0.267 e. The highest BCUT2D eigenvalue weighted by Crippen LogP contribution is 2.31. The lowest BCUT2D eigenvalue weighted by Gasteiger charge is -2.11. The molecule has 11 nitrogen and oxygen atoms in total. The first kappa shape index (κ1) is 25.9. The number of carbonyl (C=O) groups is 3. The second kappa shape index (κ2) is 12.2. The fraction of sp³-hybridized carbons (Fsp3) is 0.240. The molecule has 188 valence electrons. The summed E-state index contributed by atoms with van der Waals surface area (Å²) in [7, 11) is 3.05. The first-order valence-electron chi connectivity index (χ1n) is 11.0. The highest BCUT2D eigenvalue weighted by atomic mass is 16.5. The van der Waals surface area contributed by atoms with E-state index in [0.717, 1.165) is 4.68 Å². The lowest BCUT2D eigenvalue weighted by Crippen LogP contribution is -2.38. The number of amides is 3. The number of carbonyl (C=O) groups excluding carboxylic acids is 3. The van der Waals surface area contributed by atoms with Gasteiger partial charge in [-0.1, -0.05) is 0 Å². The van der Waals surface area contributed by atoms with Crippen molar-refractivity contribution in [3.8, 4) is 22.8 Å². The maximum absolute atomic E-state index is 12.3. The number of hydrogen-bond donors (Lipinski definition) is 3. The third-order valence-electron chi connectivity index (χ3n) is 5.04. The Morgan fingerprint density at radius 1 is 0.889 bits per heavy atom. The smallest absolute Gasteiger partial charge is 0.267 e. The number of nitrogens with one attached hydrogen (secondary N) is 3. The van der Waals surface area contributed by atoms with Crippen molar-refractivity contribution in [3.05, 3.63) is 70.5 Å². The van der Waals surface area contributed by atoms with Gasteiger partial charge in [-0.3, -0.25) is 19.2 Å². The predicted octanol–water partition coefficient (Wildman–Crippen LogP) is 1.43. The Hall–Kier alpha value is -4.67. The summed E-state index contributed by atoms with van der Waals surface area (Å²) in [4.78, 5) is 47.9. The van der Waals surface area contributed by atoms with Crippen LogP contribution in [-0.4, -0.2) is 54.8 Å². The van der Waals surface area contributed by atoms with Gasteiger partial charge < -0.3 is 25.4 Å². The van der Waals surface area contributed by atoms with E-state index in [-0.39, 0.29) is 31.4 Å².